The highest BCUT2D eigenvalue weighted by Gasteiger charge is 2.38. The Balaban J connectivity index is 3.01. The molecule has 0 amide bonds. The van der Waals surface area contributed by atoms with E-state index in [0.717, 1.165) is 4.47 Å². The molecule has 0 aromatic heterocycles. The Morgan fingerprint density at radius 3 is 1.86 bits per heavy atom. The zero-order valence-electron chi connectivity index (χ0n) is 14.2. The van der Waals surface area contributed by atoms with E-state index in [1.807, 2.05) is 12.1 Å². The monoisotopic (exact) mass is 402 g/mol. The van der Waals surface area contributed by atoms with Gasteiger partial charge in [-0.05, 0) is 69.2 Å². The van der Waals surface area contributed by atoms with Gasteiger partial charge < -0.3 is 8.23 Å². The molecule has 0 aliphatic carbocycles. The minimum Gasteiger partial charge on any atom is -0.434 e. The molecule has 1 aromatic rings. The van der Waals surface area contributed by atoms with Crippen molar-refractivity contribution in [3.05, 3.63) is 40.0 Å². The summed E-state index contributed by atoms with van der Waals surface area (Å²) in [7, 11) is -5.58. The van der Waals surface area contributed by atoms with Crippen molar-refractivity contribution in [3.8, 4) is 0 Å². The summed E-state index contributed by atoms with van der Waals surface area (Å²) >= 11 is 3.51. The normalized spacial score (nSPS) is 13.9. The standard InChI is InChI=1S/C15H27BrO2Si3/c1-19(2,3)17-21(7,18-20(4,5)6)12-11-14-9-8-10-15(16)13-14/h8-13H,1-7H3/b12-11-. The summed E-state index contributed by atoms with van der Waals surface area (Å²) in [6.07, 6.45) is 2.14. The summed E-state index contributed by atoms with van der Waals surface area (Å²) in [5.74, 6) is 0. The predicted molar refractivity (Wildman–Crippen MR) is 104 cm³/mol. The Morgan fingerprint density at radius 2 is 1.43 bits per heavy atom. The van der Waals surface area contributed by atoms with E-state index in [2.05, 4.69) is 85.7 Å². The highest BCUT2D eigenvalue weighted by molar-refractivity contribution is 9.10. The fourth-order valence-corrected chi connectivity index (χ4v) is 13.9. The first-order valence-corrected chi connectivity index (χ1v) is 17.2. The molecule has 0 radical (unpaired) electrons. The van der Waals surface area contributed by atoms with E-state index in [-0.39, 0.29) is 0 Å². The van der Waals surface area contributed by atoms with Gasteiger partial charge in [-0.3, -0.25) is 0 Å². The second-order valence-electron chi connectivity index (χ2n) is 7.33. The molecule has 0 fully saturated rings. The molecule has 0 aliphatic heterocycles. The third-order valence-corrected chi connectivity index (χ3v) is 11.9. The van der Waals surface area contributed by atoms with E-state index < -0.39 is 25.2 Å². The molecule has 1 aromatic carbocycles. The summed E-state index contributed by atoms with van der Waals surface area (Å²) in [4.78, 5) is 0. The molecule has 1 rings (SSSR count). The van der Waals surface area contributed by atoms with Crippen LogP contribution in [-0.4, -0.2) is 25.2 Å². The van der Waals surface area contributed by atoms with Crippen molar-refractivity contribution in [2.75, 3.05) is 0 Å². The number of hydrogen-bond acceptors (Lipinski definition) is 2. The van der Waals surface area contributed by atoms with Crippen molar-refractivity contribution in [2.45, 2.75) is 45.8 Å². The van der Waals surface area contributed by atoms with Crippen LogP contribution in [0.25, 0.3) is 6.08 Å². The van der Waals surface area contributed by atoms with Crippen molar-refractivity contribution < 1.29 is 8.23 Å². The summed E-state index contributed by atoms with van der Waals surface area (Å²) in [6, 6.07) is 8.28. The lowest BCUT2D eigenvalue weighted by Gasteiger charge is -2.36. The first-order valence-electron chi connectivity index (χ1n) is 7.24. The van der Waals surface area contributed by atoms with E-state index in [0.29, 0.717) is 0 Å². The number of halogens is 1. The fraction of sp³-hybridized carbons (Fsp3) is 0.467. The van der Waals surface area contributed by atoms with Crippen LogP contribution < -0.4 is 0 Å². The van der Waals surface area contributed by atoms with E-state index in [1.165, 1.54) is 5.56 Å². The van der Waals surface area contributed by atoms with Crippen LogP contribution in [0.2, 0.25) is 45.8 Å². The van der Waals surface area contributed by atoms with E-state index in [1.54, 1.807) is 0 Å². The van der Waals surface area contributed by atoms with Gasteiger partial charge in [-0.1, -0.05) is 34.1 Å². The minimum absolute atomic E-state index is 1.09. The van der Waals surface area contributed by atoms with Crippen LogP contribution >= 0.6 is 15.9 Å². The molecule has 6 heteroatoms. The Bertz CT molecular complexity index is 488. The van der Waals surface area contributed by atoms with Gasteiger partial charge in [-0.2, -0.15) is 0 Å². The van der Waals surface area contributed by atoms with Crippen molar-refractivity contribution in [2.24, 2.45) is 0 Å². The summed E-state index contributed by atoms with van der Waals surface area (Å²) < 4.78 is 14.0. The van der Waals surface area contributed by atoms with Crippen LogP contribution in [0.1, 0.15) is 5.56 Å². The summed E-state index contributed by atoms with van der Waals surface area (Å²) in [5.41, 5.74) is 3.35. The van der Waals surface area contributed by atoms with Crippen molar-refractivity contribution in [3.63, 3.8) is 0 Å². The third kappa shape index (κ3) is 8.27. The molecule has 0 N–H and O–H groups in total. The molecule has 0 spiro atoms. The minimum atomic E-state index is -2.29. The van der Waals surface area contributed by atoms with Crippen molar-refractivity contribution >= 4 is 47.2 Å². The van der Waals surface area contributed by atoms with Crippen LogP contribution in [0.3, 0.4) is 0 Å². The molecule has 118 valence electrons. The van der Waals surface area contributed by atoms with Gasteiger partial charge in [0.2, 0.25) is 0 Å². The van der Waals surface area contributed by atoms with Crippen LogP contribution in [0, 0.1) is 0 Å². The van der Waals surface area contributed by atoms with Gasteiger partial charge in [0.25, 0.3) is 0 Å². The zero-order valence-corrected chi connectivity index (χ0v) is 18.7. The third-order valence-electron chi connectivity index (χ3n) is 2.44. The molecule has 0 aliphatic rings. The average Bonchev–Trinajstić information content (AvgIpc) is 2.21. The van der Waals surface area contributed by atoms with E-state index in [9.17, 15) is 0 Å². The molecular formula is C15H27BrO2Si3. The fourth-order valence-electron chi connectivity index (χ4n) is 2.16. The number of hydrogen-bond donors (Lipinski definition) is 0. The predicted octanol–water partition coefficient (Wildman–Crippen LogP) is 5.78. The number of rotatable bonds is 6. The maximum absolute atomic E-state index is 6.45. The molecule has 0 atom stereocenters. The van der Waals surface area contributed by atoms with Gasteiger partial charge >= 0.3 is 8.56 Å². The zero-order chi connectivity index (χ0) is 16.3. The first-order chi connectivity index (χ1) is 9.39. The summed E-state index contributed by atoms with van der Waals surface area (Å²) in [5, 5.41) is 0. The van der Waals surface area contributed by atoms with Gasteiger partial charge in [0.05, 0.1) is 0 Å². The second kappa shape index (κ2) is 7.06. The Hall–Kier alpha value is 0.0106. The van der Waals surface area contributed by atoms with Crippen LogP contribution in [0.5, 0.6) is 0 Å². The van der Waals surface area contributed by atoms with Gasteiger partial charge in [-0.15, -0.1) is 0 Å². The molecule has 2 nitrogen and oxygen atoms in total. The van der Waals surface area contributed by atoms with Gasteiger partial charge in [0.1, 0.15) is 0 Å². The highest BCUT2D eigenvalue weighted by atomic mass is 79.9. The van der Waals surface area contributed by atoms with E-state index >= 15 is 0 Å². The quantitative estimate of drug-likeness (QED) is 0.561. The SMILES string of the molecule is C[Si](C)(C)O[Si](C)(/C=C\c1cccc(Br)c1)O[Si](C)(C)C. The second-order valence-corrected chi connectivity index (χ2v) is 20.7. The maximum atomic E-state index is 6.45. The van der Waals surface area contributed by atoms with Crippen LogP contribution in [0.4, 0.5) is 0 Å². The lowest BCUT2D eigenvalue weighted by molar-refractivity contribution is 0.403. The largest absolute Gasteiger partial charge is 0.434 e. The summed E-state index contributed by atoms with van der Waals surface area (Å²) in [6.45, 7) is 15.5. The molecule has 0 unspecified atom stereocenters. The van der Waals surface area contributed by atoms with Crippen molar-refractivity contribution in [1.82, 2.24) is 0 Å². The first kappa shape index (κ1) is 19.1. The van der Waals surface area contributed by atoms with Gasteiger partial charge in [-0.25, -0.2) is 0 Å². The lowest BCUT2D eigenvalue weighted by Crippen LogP contribution is -2.51. The average molecular weight is 404 g/mol. The smallest absolute Gasteiger partial charge is 0.341 e. The van der Waals surface area contributed by atoms with Gasteiger partial charge in [0.15, 0.2) is 16.6 Å². The molecule has 0 bridgehead atoms. The molecular weight excluding hydrogens is 376 g/mol. The topological polar surface area (TPSA) is 18.5 Å². The maximum Gasteiger partial charge on any atom is 0.341 e. The Kier molecular flexibility index (Phi) is 6.41. The Morgan fingerprint density at radius 1 is 0.905 bits per heavy atom. The molecule has 21 heavy (non-hydrogen) atoms. The van der Waals surface area contributed by atoms with Crippen LogP contribution in [-0.2, 0) is 8.23 Å². The molecule has 0 saturated carbocycles. The molecule has 0 heterocycles. The molecule has 0 saturated heterocycles. The van der Waals surface area contributed by atoms with Gasteiger partial charge in [0, 0.05) is 4.47 Å². The van der Waals surface area contributed by atoms with E-state index in [4.69, 9.17) is 8.23 Å². The van der Waals surface area contributed by atoms with Crippen LogP contribution in [0.15, 0.2) is 34.4 Å². The highest BCUT2D eigenvalue weighted by Crippen LogP contribution is 2.23. The van der Waals surface area contributed by atoms with Crippen molar-refractivity contribution in [1.29, 1.82) is 0 Å². The lowest BCUT2D eigenvalue weighted by atomic mass is 10.2. The number of benzene rings is 1. The Labute approximate surface area is 141 Å².